The molecule has 3 aromatic heterocycles. The van der Waals surface area contributed by atoms with Crippen LogP contribution in [0.5, 0.6) is 0 Å². The Bertz CT molecular complexity index is 1370. The summed E-state index contributed by atoms with van der Waals surface area (Å²) in [7, 11) is 0. The summed E-state index contributed by atoms with van der Waals surface area (Å²) >= 11 is 0. The van der Waals surface area contributed by atoms with Crippen molar-refractivity contribution in [1.82, 2.24) is 24.7 Å². The molecule has 9 nitrogen and oxygen atoms in total. The van der Waals surface area contributed by atoms with Crippen LogP contribution in [0.1, 0.15) is 16.1 Å². The molecule has 0 radical (unpaired) electrons. The molecule has 0 unspecified atom stereocenters. The van der Waals surface area contributed by atoms with Crippen LogP contribution in [-0.2, 0) is 11.3 Å². The number of nitrogen functional groups attached to an aromatic ring is 1. The third-order valence-electron chi connectivity index (χ3n) is 4.27. The number of carbonyl (C=O) groups excluding carboxylic acids is 1. The normalized spacial score (nSPS) is 11.0. The topological polar surface area (TPSA) is 136 Å². The molecule has 1 amide bonds. The largest absolute Gasteiger partial charge is 0.490 e. The smallest absolute Gasteiger partial charge is 0.475 e. The van der Waals surface area contributed by atoms with Gasteiger partial charge in [0.15, 0.2) is 0 Å². The van der Waals surface area contributed by atoms with Crippen molar-refractivity contribution in [2.45, 2.75) is 12.7 Å². The maximum Gasteiger partial charge on any atom is 0.490 e. The van der Waals surface area contributed by atoms with Gasteiger partial charge >= 0.3 is 12.1 Å². The number of carbonyl (C=O) groups is 2. The highest BCUT2D eigenvalue weighted by Crippen LogP contribution is 2.18. The minimum Gasteiger partial charge on any atom is -0.475 e. The number of imidazole rings is 1. The molecule has 0 aliphatic carbocycles. The summed E-state index contributed by atoms with van der Waals surface area (Å²) in [6.45, 7) is -0.0210. The molecule has 0 atom stereocenters. The second-order valence-corrected chi connectivity index (χ2v) is 6.87. The molecule has 3 heterocycles. The van der Waals surface area contributed by atoms with Crippen molar-refractivity contribution in [3.8, 4) is 11.3 Å². The number of halogens is 5. The first kappa shape index (κ1) is 25.0. The number of alkyl halides is 3. The molecule has 4 aromatic rings. The van der Waals surface area contributed by atoms with Gasteiger partial charge in [-0.25, -0.2) is 28.5 Å². The molecule has 14 heteroatoms. The van der Waals surface area contributed by atoms with E-state index in [0.29, 0.717) is 16.9 Å². The van der Waals surface area contributed by atoms with E-state index in [1.165, 1.54) is 0 Å². The number of rotatable bonds is 4. The fourth-order valence-corrected chi connectivity index (χ4v) is 2.77. The standard InChI is InChI=1S/C19H14F2N6O.C2HF3O2/c20-13-5-11(6-14(21)7-13)8-24-18(28)16-10-27-9-12(1-2-17(27)25-16)15-3-4-23-19(22)26-15;3-2(4,5)1(6)7/h1-7,9-10H,8H2,(H,24,28)(H2,22,23,26);(H,6,7). The minimum atomic E-state index is -5.08. The van der Waals surface area contributed by atoms with Crippen molar-refractivity contribution in [3.63, 3.8) is 0 Å². The van der Waals surface area contributed by atoms with Crippen molar-refractivity contribution in [2.24, 2.45) is 0 Å². The van der Waals surface area contributed by atoms with Gasteiger partial charge in [-0.1, -0.05) is 0 Å². The fourth-order valence-electron chi connectivity index (χ4n) is 2.77. The Hall–Kier alpha value is -4.62. The van der Waals surface area contributed by atoms with Crippen LogP contribution in [0.4, 0.5) is 27.9 Å². The summed E-state index contributed by atoms with van der Waals surface area (Å²) in [6, 6.07) is 8.36. The molecule has 1 aromatic carbocycles. The number of aromatic nitrogens is 4. The summed E-state index contributed by atoms with van der Waals surface area (Å²) < 4.78 is 59.9. The summed E-state index contributed by atoms with van der Waals surface area (Å²) in [5, 5.41) is 9.72. The second-order valence-electron chi connectivity index (χ2n) is 6.87. The van der Waals surface area contributed by atoms with Gasteiger partial charge in [0, 0.05) is 36.8 Å². The third-order valence-corrected chi connectivity index (χ3v) is 4.27. The third kappa shape index (κ3) is 6.69. The van der Waals surface area contributed by atoms with E-state index in [1.54, 1.807) is 41.2 Å². The average Bonchev–Trinajstić information content (AvgIpc) is 3.20. The summed E-state index contributed by atoms with van der Waals surface area (Å²) in [4.78, 5) is 33.5. The fraction of sp³-hybridized carbons (Fsp3) is 0.0952. The molecule has 0 aliphatic rings. The Kier molecular flexibility index (Phi) is 7.22. The Balaban J connectivity index is 0.000000429. The number of hydrogen-bond donors (Lipinski definition) is 3. The lowest BCUT2D eigenvalue weighted by molar-refractivity contribution is -0.192. The highest BCUT2D eigenvalue weighted by atomic mass is 19.4. The van der Waals surface area contributed by atoms with E-state index in [4.69, 9.17) is 15.6 Å². The Labute approximate surface area is 193 Å². The number of pyridine rings is 1. The summed E-state index contributed by atoms with van der Waals surface area (Å²) in [6.07, 6.45) is -0.197. The number of hydrogen-bond acceptors (Lipinski definition) is 6. The van der Waals surface area contributed by atoms with Gasteiger partial charge in [0.2, 0.25) is 5.95 Å². The van der Waals surface area contributed by atoms with Gasteiger partial charge in [-0.05, 0) is 35.9 Å². The van der Waals surface area contributed by atoms with Crippen LogP contribution >= 0.6 is 0 Å². The number of carboxylic acids is 1. The number of nitrogens with zero attached hydrogens (tertiary/aromatic N) is 4. The molecular weight excluding hydrogens is 479 g/mol. The number of amides is 1. The summed E-state index contributed by atoms with van der Waals surface area (Å²) in [5.41, 5.74) is 8.09. The Morgan fingerprint density at radius 2 is 1.69 bits per heavy atom. The van der Waals surface area contributed by atoms with Crippen LogP contribution in [0, 0.1) is 11.6 Å². The number of nitrogens with one attached hydrogen (secondary N) is 1. The molecule has 0 bridgehead atoms. The van der Waals surface area contributed by atoms with Gasteiger partial charge in [0.25, 0.3) is 5.91 Å². The van der Waals surface area contributed by atoms with E-state index in [2.05, 4.69) is 20.3 Å². The van der Waals surface area contributed by atoms with Crippen LogP contribution in [0.15, 0.2) is 55.0 Å². The zero-order valence-electron chi connectivity index (χ0n) is 17.4. The predicted molar refractivity (Wildman–Crippen MR) is 112 cm³/mol. The SMILES string of the molecule is Nc1nccc(-c2ccc3nc(C(=O)NCc4cc(F)cc(F)c4)cn3c2)n1.O=C(O)C(F)(F)F. The van der Waals surface area contributed by atoms with E-state index >= 15 is 0 Å². The monoisotopic (exact) mass is 494 g/mol. The van der Waals surface area contributed by atoms with Crippen LogP contribution in [0.2, 0.25) is 0 Å². The molecule has 0 saturated heterocycles. The number of fused-ring (bicyclic) bond motifs is 1. The first-order valence-electron chi connectivity index (χ1n) is 9.53. The number of aliphatic carboxylic acids is 1. The maximum atomic E-state index is 13.2. The lowest BCUT2D eigenvalue weighted by Gasteiger charge is -2.04. The molecule has 4 N–H and O–H groups in total. The number of anilines is 1. The predicted octanol–water partition coefficient (Wildman–Crippen LogP) is 3.22. The van der Waals surface area contributed by atoms with Gasteiger partial charge in [-0.2, -0.15) is 13.2 Å². The average molecular weight is 494 g/mol. The maximum absolute atomic E-state index is 13.2. The van der Waals surface area contributed by atoms with Gasteiger partial charge in [0.05, 0.1) is 5.69 Å². The van der Waals surface area contributed by atoms with Crippen molar-refractivity contribution in [2.75, 3.05) is 5.73 Å². The molecule has 0 aliphatic heterocycles. The van der Waals surface area contributed by atoms with E-state index in [-0.39, 0.29) is 18.2 Å². The number of carboxylic acid groups (broad SMARTS) is 1. The van der Waals surface area contributed by atoms with Crippen molar-refractivity contribution in [3.05, 3.63) is 77.9 Å². The zero-order valence-corrected chi connectivity index (χ0v) is 17.4. The van der Waals surface area contributed by atoms with E-state index < -0.39 is 29.7 Å². The van der Waals surface area contributed by atoms with Crippen molar-refractivity contribution in [1.29, 1.82) is 0 Å². The van der Waals surface area contributed by atoms with Crippen LogP contribution in [0.3, 0.4) is 0 Å². The van der Waals surface area contributed by atoms with Crippen LogP contribution in [0.25, 0.3) is 16.9 Å². The number of nitrogens with two attached hydrogens (primary N) is 1. The lowest BCUT2D eigenvalue weighted by atomic mass is 10.2. The molecule has 35 heavy (non-hydrogen) atoms. The molecule has 182 valence electrons. The van der Waals surface area contributed by atoms with Gasteiger partial charge in [0.1, 0.15) is 23.0 Å². The highest BCUT2D eigenvalue weighted by molar-refractivity contribution is 5.92. The summed E-state index contributed by atoms with van der Waals surface area (Å²) in [5.74, 6) is -4.45. The zero-order chi connectivity index (χ0) is 25.8. The van der Waals surface area contributed by atoms with Gasteiger partial charge in [-0.15, -0.1) is 0 Å². The highest BCUT2D eigenvalue weighted by Gasteiger charge is 2.38. The van der Waals surface area contributed by atoms with E-state index in [1.807, 2.05) is 0 Å². The Morgan fingerprint density at radius 3 is 2.29 bits per heavy atom. The first-order chi connectivity index (χ1) is 16.4. The molecular formula is C21H15F5N6O3. The number of benzene rings is 1. The molecule has 0 spiro atoms. The van der Waals surface area contributed by atoms with Gasteiger partial charge in [-0.3, -0.25) is 4.79 Å². The minimum absolute atomic E-state index is 0.0210. The van der Waals surface area contributed by atoms with Crippen LogP contribution < -0.4 is 11.1 Å². The molecule has 4 rings (SSSR count). The van der Waals surface area contributed by atoms with E-state index in [0.717, 1.165) is 23.8 Å². The first-order valence-corrected chi connectivity index (χ1v) is 9.53. The second kappa shape index (κ2) is 10.1. The quantitative estimate of drug-likeness (QED) is 0.371. The van der Waals surface area contributed by atoms with Crippen molar-refractivity contribution >= 4 is 23.5 Å². The molecule has 0 saturated carbocycles. The van der Waals surface area contributed by atoms with Crippen molar-refractivity contribution < 1.29 is 36.6 Å². The van der Waals surface area contributed by atoms with E-state index in [9.17, 15) is 26.7 Å². The lowest BCUT2D eigenvalue weighted by Crippen LogP contribution is -2.23. The van der Waals surface area contributed by atoms with Crippen LogP contribution in [-0.4, -0.2) is 42.5 Å². The molecule has 0 fully saturated rings. The Morgan fingerprint density at radius 1 is 1.03 bits per heavy atom. The van der Waals surface area contributed by atoms with Gasteiger partial charge < -0.3 is 20.6 Å².